The lowest BCUT2D eigenvalue weighted by atomic mass is 10.0. The number of para-hydroxylation sites is 1. The van der Waals surface area contributed by atoms with Crippen LogP contribution in [0.1, 0.15) is 25.3 Å². The van der Waals surface area contributed by atoms with E-state index in [0.717, 1.165) is 23.0 Å². The molecule has 1 N–H and O–H groups in total. The molecule has 0 fully saturated rings. The van der Waals surface area contributed by atoms with E-state index >= 15 is 0 Å². The number of ether oxygens (including phenoxy) is 1. The molecular formula is C17H20ClNO. The van der Waals surface area contributed by atoms with Gasteiger partial charge in [0.1, 0.15) is 12.4 Å². The van der Waals surface area contributed by atoms with Crippen molar-refractivity contribution in [2.45, 2.75) is 19.8 Å². The molecule has 3 heteroatoms. The van der Waals surface area contributed by atoms with Gasteiger partial charge in [-0.2, -0.15) is 0 Å². The minimum atomic E-state index is 0.468. The summed E-state index contributed by atoms with van der Waals surface area (Å²) in [6, 6.07) is 15.9. The number of rotatable bonds is 6. The Labute approximate surface area is 125 Å². The van der Waals surface area contributed by atoms with E-state index in [-0.39, 0.29) is 0 Å². The van der Waals surface area contributed by atoms with Crippen LogP contribution >= 0.6 is 11.6 Å². The van der Waals surface area contributed by atoms with E-state index in [1.54, 1.807) is 0 Å². The number of hydrogen-bond donors (Lipinski definition) is 1. The van der Waals surface area contributed by atoms with Crippen LogP contribution in [0.4, 0.5) is 5.69 Å². The van der Waals surface area contributed by atoms with Gasteiger partial charge < -0.3 is 10.1 Å². The van der Waals surface area contributed by atoms with Gasteiger partial charge in [0.15, 0.2) is 0 Å². The third kappa shape index (κ3) is 4.17. The van der Waals surface area contributed by atoms with Crippen molar-refractivity contribution < 1.29 is 4.74 Å². The van der Waals surface area contributed by atoms with Crippen molar-refractivity contribution >= 4 is 17.3 Å². The summed E-state index contributed by atoms with van der Waals surface area (Å²) >= 11 is 5.85. The first kappa shape index (κ1) is 14.7. The Morgan fingerprint density at radius 2 is 1.75 bits per heavy atom. The molecule has 0 amide bonds. The van der Waals surface area contributed by atoms with Crippen molar-refractivity contribution in [2.24, 2.45) is 0 Å². The first-order valence-corrected chi connectivity index (χ1v) is 7.26. The van der Waals surface area contributed by atoms with Gasteiger partial charge in [-0.1, -0.05) is 43.6 Å². The van der Waals surface area contributed by atoms with Crippen molar-refractivity contribution in [3.8, 4) is 5.75 Å². The maximum atomic E-state index is 5.86. The smallest absolute Gasteiger partial charge is 0.122 e. The van der Waals surface area contributed by atoms with Crippen molar-refractivity contribution in [3.05, 3.63) is 59.1 Å². The molecule has 0 radical (unpaired) electrons. The first-order chi connectivity index (χ1) is 9.66. The van der Waals surface area contributed by atoms with Crippen LogP contribution in [-0.4, -0.2) is 13.2 Å². The highest BCUT2D eigenvalue weighted by Gasteiger charge is 2.06. The van der Waals surface area contributed by atoms with Crippen molar-refractivity contribution in [3.63, 3.8) is 0 Å². The van der Waals surface area contributed by atoms with Crippen LogP contribution in [0.5, 0.6) is 5.75 Å². The second-order valence-electron chi connectivity index (χ2n) is 4.97. The second kappa shape index (κ2) is 7.20. The average Bonchev–Trinajstić information content (AvgIpc) is 2.46. The highest BCUT2D eigenvalue weighted by Crippen LogP contribution is 2.25. The van der Waals surface area contributed by atoms with E-state index in [0.29, 0.717) is 12.5 Å². The summed E-state index contributed by atoms with van der Waals surface area (Å²) in [5.41, 5.74) is 2.30. The second-order valence-corrected chi connectivity index (χ2v) is 5.41. The quantitative estimate of drug-likeness (QED) is 0.759. The summed E-state index contributed by atoms with van der Waals surface area (Å²) in [4.78, 5) is 0. The molecule has 0 aliphatic carbocycles. The predicted octanol–water partition coefficient (Wildman–Crippen LogP) is 4.95. The Kier molecular flexibility index (Phi) is 5.31. The topological polar surface area (TPSA) is 21.3 Å². The molecule has 0 bridgehead atoms. The van der Waals surface area contributed by atoms with Crippen molar-refractivity contribution in [1.82, 2.24) is 0 Å². The molecular weight excluding hydrogens is 270 g/mol. The summed E-state index contributed by atoms with van der Waals surface area (Å²) < 4.78 is 5.86. The zero-order valence-corrected chi connectivity index (χ0v) is 12.7. The molecule has 2 rings (SSSR count). The van der Waals surface area contributed by atoms with Gasteiger partial charge in [0.05, 0.1) is 0 Å². The molecule has 0 aliphatic heterocycles. The van der Waals surface area contributed by atoms with Crippen LogP contribution in [0.15, 0.2) is 48.5 Å². The van der Waals surface area contributed by atoms with Gasteiger partial charge in [-0.15, -0.1) is 0 Å². The number of hydrogen-bond acceptors (Lipinski definition) is 2. The van der Waals surface area contributed by atoms with Crippen LogP contribution in [-0.2, 0) is 0 Å². The highest BCUT2D eigenvalue weighted by atomic mass is 35.5. The summed E-state index contributed by atoms with van der Waals surface area (Å²) in [6.45, 7) is 5.74. The molecule has 106 valence electrons. The van der Waals surface area contributed by atoms with Crippen LogP contribution in [0, 0.1) is 0 Å². The Morgan fingerprint density at radius 3 is 2.45 bits per heavy atom. The summed E-state index contributed by atoms with van der Waals surface area (Å²) in [7, 11) is 0. The van der Waals surface area contributed by atoms with Gasteiger partial charge in [-0.05, 0) is 41.8 Å². The zero-order valence-electron chi connectivity index (χ0n) is 11.9. The van der Waals surface area contributed by atoms with Gasteiger partial charge in [0.2, 0.25) is 0 Å². The van der Waals surface area contributed by atoms with E-state index in [1.807, 2.05) is 42.5 Å². The molecule has 0 spiro atoms. The lowest BCUT2D eigenvalue weighted by Gasteiger charge is -2.14. The SMILES string of the molecule is CC(C)c1ccccc1OCCNc1ccc(Cl)cc1. The molecule has 0 unspecified atom stereocenters. The fourth-order valence-electron chi connectivity index (χ4n) is 2.01. The molecule has 0 heterocycles. The Morgan fingerprint density at radius 1 is 1.05 bits per heavy atom. The lowest BCUT2D eigenvalue weighted by Crippen LogP contribution is -2.12. The maximum Gasteiger partial charge on any atom is 0.122 e. The van der Waals surface area contributed by atoms with Gasteiger partial charge in [0, 0.05) is 17.3 Å². The molecule has 0 saturated heterocycles. The standard InChI is InChI=1S/C17H20ClNO/c1-13(2)16-5-3-4-6-17(16)20-12-11-19-15-9-7-14(18)8-10-15/h3-10,13,19H,11-12H2,1-2H3. The number of nitrogens with one attached hydrogen (secondary N) is 1. The molecule has 2 nitrogen and oxygen atoms in total. The van der Waals surface area contributed by atoms with Gasteiger partial charge in [-0.3, -0.25) is 0 Å². The summed E-state index contributed by atoms with van der Waals surface area (Å²) in [5.74, 6) is 1.44. The number of anilines is 1. The fourth-order valence-corrected chi connectivity index (χ4v) is 2.14. The third-order valence-corrected chi connectivity index (χ3v) is 3.33. The first-order valence-electron chi connectivity index (χ1n) is 6.88. The summed E-state index contributed by atoms with van der Waals surface area (Å²) in [5, 5.41) is 4.05. The average molecular weight is 290 g/mol. The minimum Gasteiger partial charge on any atom is -0.491 e. The molecule has 2 aromatic rings. The zero-order chi connectivity index (χ0) is 14.4. The van der Waals surface area contributed by atoms with Crippen LogP contribution < -0.4 is 10.1 Å². The minimum absolute atomic E-state index is 0.468. The van der Waals surface area contributed by atoms with E-state index < -0.39 is 0 Å². The largest absolute Gasteiger partial charge is 0.491 e. The molecule has 0 atom stereocenters. The van der Waals surface area contributed by atoms with Crippen molar-refractivity contribution in [2.75, 3.05) is 18.5 Å². The highest BCUT2D eigenvalue weighted by molar-refractivity contribution is 6.30. The van der Waals surface area contributed by atoms with Gasteiger partial charge >= 0.3 is 0 Å². The van der Waals surface area contributed by atoms with E-state index in [4.69, 9.17) is 16.3 Å². The fraction of sp³-hybridized carbons (Fsp3) is 0.294. The van der Waals surface area contributed by atoms with E-state index in [1.165, 1.54) is 5.56 Å². The molecule has 20 heavy (non-hydrogen) atoms. The third-order valence-electron chi connectivity index (χ3n) is 3.07. The monoisotopic (exact) mass is 289 g/mol. The maximum absolute atomic E-state index is 5.86. The van der Waals surface area contributed by atoms with Crippen molar-refractivity contribution in [1.29, 1.82) is 0 Å². The van der Waals surface area contributed by atoms with Gasteiger partial charge in [0.25, 0.3) is 0 Å². The molecule has 0 aliphatic rings. The lowest BCUT2D eigenvalue weighted by molar-refractivity contribution is 0.328. The Bertz CT molecular complexity index is 537. The molecule has 0 aromatic heterocycles. The van der Waals surface area contributed by atoms with Crippen LogP contribution in [0.25, 0.3) is 0 Å². The predicted molar refractivity (Wildman–Crippen MR) is 86.0 cm³/mol. The van der Waals surface area contributed by atoms with Crippen LogP contribution in [0.2, 0.25) is 5.02 Å². The normalized spacial score (nSPS) is 10.6. The van der Waals surface area contributed by atoms with Crippen LogP contribution in [0.3, 0.4) is 0 Å². The van der Waals surface area contributed by atoms with Gasteiger partial charge in [-0.25, -0.2) is 0 Å². The number of benzene rings is 2. The van der Waals surface area contributed by atoms with E-state index in [9.17, 15) is 0 Å². The summed E-state index contributed by atoms with van der Waals surface area (Å²) in [6.07, 6.45) is 0. The number of halogens is 1. The molecule has 2 aromatic carbocycles. The Balaban J connectivity index is 1.83. The van der Waals surface area contributed by atoms with E-state index in [2.05, 4.69) is 25.2 Å². The molecule has 0 saturated carbocycles. The Hall–Kier alpha value is -1.67.